The third-order valence-electron chi connectivity index (χ3n) is 4.18. The van der Waals surface area contributed by atoms with Gasteiger partial charge >= 0.3 is 0 Å². The molecule has 0 atom stereocenters. The number of hydrogen-bond acceptors (Lipinski definition) is 3. The van der Waals surface area contributed by atoms with E-state index < -0.39 is 0 Å². The topological polar surface area (TPSA) is 44.5 Å². The van der Waals surface area contributed by atoms with Gasteiger partial charge in [0.1, 0.15) is 0 Å². The van der Waals surface area contributed by atoms with Crippen molar-refractivity contribution in [1.29, 1.82) is 0 Å². The number of nitrogens with two attached hydrogens (primary N) is 1. The molecule has 1 heterocycles. The SMILES string of the molecule is Cc1cc(C2(N)CCCC2)c2c(c1C)OCO2. The standard InChI is InChI=1S/C14H19NO2/c1-9-7-11(14(15)5-3-4-6-14)13-12(10(9)2)16-8-17-13/h7H,3-6,8,15H2,1-2H3. The quantitative estimate of drug-likeness (QED) is 0.811. The third kappa shape index (κ3) is 1.53. The second kappa shape index (κ2) is 3.64. The van der Waals surface area contributed by atoms with Crippen molar-refractivity contribution in [1.82, 2.24) is 0 Å². The molecule has 0 spiro atoms. The zero-order valence-electron chi connectivity index (χ0n) is 10.5. The Morgan fingerprint density at radius 1 is 1.12 bits per heavy atom. The summed E-state index contributed by atoms with van der Waals surface area (Å²) in [4.78, 5) is 0. The summed E-state index contributed by atoms with van der Waals surface area (Å²) in [5.41, 5.74) is 9.88. The number of fused-ring (bicyclic) bond motifs is 1. The van der Waals surface area contributed by atoms with E-state index >= 15 is 0 Å². The van der Waals surface area contributed by atoms with Crippen LogP contribution in [-0.2, 0) is 5.54 Å². The van der Waals surface area contributed by atoms with E-state index in [9.17, 15) is 0 Å². The van der Waals surface area contributed by atoms with Gasteiger partial charge in [-0.05, 0) is 43.9 Å². The molecule has 1 aliphatic heterocycles. The van der Waals surface area contributed by atoms with Crippen LogP contribution in [0.4, 0.5) is 0 Å². The molecule has 3 nitrogen and oxygen atoms in total. The number of rotatable bonds is 1. The lowest BCUT2D eigenvalue weighted by Crippen LogP contribution is -2.33. The number of benzene rings is 1. The second-order valence-corrected chi connectivity index (χ2v) is 5.29. The van der Waals surface area contributed by atoms with E-state index in [0.29, 0.717) is 6.79 Å². The Morgan fingerprint density at radius 3 is 2.47 bits per heavy atom. The summed E-state index contributed by atoms with van der Waals surface area (Å²) < 4.78 is 11.2. The summed E-state index contributed by atoms with van der Waals surface area (Å²) in [6.45, 7) is 4.51. The van der Waals surface area contributed by atoms with Crippen LogP contribution in [0.3, 0.4) is 0 Å². The van der Waals surface area contributed by atoms with Crippen molar-refractivity contribution in [3.05, 3.63) is 22.8 Å². The van der Waals surface area contributed by atoms with Crippen molar-refractivity contribution in [3.63, 3.8) is 0 Å². The maximum Gasteiger partial charge on any atom is 0.231 e. The van der Waals surface area contributed by atoms with Crippen LogP contribution >= 0.6 is 0 Å². The Morgan fingerprint density at radius 2 is 1.76 bits per heavy atom. The van der Waals surface area contributed by atoms with Gasteiger partial charge in [-0.25, -0.2) is 0 Å². The van der Waals surface area contributed by atoms with Crippen LogP contribution in [0, 0.1) is 13.8 Å². The van der Waals surface area contributed by atoms with E-state index in [4.69, 9.17) is 15.2 Å². The van der Waals surface area contributed by atoms with Gasteiger partial charge in [-0.15, -0.1) is 0 Å². The molecule has 0 radical (unpaired) electrons. The maximum absolute atomic E-state index is 6.54. The lowest BCUT2D eigenvalue weighted by molar-refractivity contribution is 0.171. The molecule has 1 aromatic rings. The average molecular weight is 233 g/mol. The van der Waals surface area contributed by atoms with Gasteiger partial charge in [0.2, 0.25) is 6.79 Å². The molecule has 1 fully saturated rings. The molecule has 1 saturated carbocycles. The van der Waals surface area contributed by atoms with Crippen molar-refractivity contribution in [2.45, 2.75) is 45.1 Å². The van der Waals surface area contributed by atoms with E-state index in [2.05, 4.69) is 19.9 Å². The summed E-state index contributed by atoms with van der Waals surface area (Å²) in [5, 5.41) is 0. The van der Waals surface area contributed by atoms with E-state index in [0.717, 1.165) is 29.9 Å². The first kappa shape index (κ1) is 10.9. The van der Waals surface area contributed by atoms with Crippen LogP contribution < -0.4 is 15.2 Å². The lowest BCUT2D eigenvalue weighted by atomic mass is 9.86. The van der Waals surface area contributed by atoms with Gasteiger partial charge in [0.05, 0.1) is 0 Å². The first-order chi connectivity index (χ1) is 8.12. The van der Waals surface area contributed by atoms with Crippen molar-refractivity contribution >= 4 is 0 Å². The van der Waals surface area contributed by atoms with Crippen LogP contribution in [0.15, 0.2) is 6.07 Å². The number of ether oxygens (including phenoxy) is 2. The van der Waals surface area contributed by atoms with Crippen LogP contribution in [0.25, 0.3) is 0 Å². The van der Waals surface area contributed by atoms with E-state index in [1.54, 1.807) is 0 Å². The molecule has 17 heavy (non-hydrogen) atoms. The maximum atomic E-state index is 6.54. The fourth-order valence-corrected chi connectivity index (χ4v) is 2.97. The molecule has 1 aromatic carbocycles. The Balaban J connectivity index is 2.17. The second-order valence-electron chi connectivity index (χ2n) is 5.29. The Bertz CT molecular complexity index is 462. The first-order valence-corrected chi connectivity index (χ1v) is 6.31. The third-order valence-corrected chi connectivity index (χ3v) is 4.18. The fraction of sp³-hybridized carbons (Fsp3) is 0.571. The van der Waals surface area contributed by atoms with Gasteiger partial charge in [-0.1, -0.05) is 12.8 Å². The predicted molar refractivity (Wildman–Crippen MR) is 66.4 cm³/mol. The van der Waals surface area contributed by atoms with Gasteiger partial charge in [-0.2, -0.15) is 0 Å². The van der Waals surface area contributed by atoms with Gasteiger partial charge in [-0.3, -0.25) is 0 Å². The minimum atomic E-state index is -0.212. The Labute approximate surface area is 102 Å². The molecule has 2 aliphatic rings. The van der Waals surface area contributed by atoms with Crippen LogP contribution in [0.2, 0.25) is 0 Å². The average Bonchev–Trinajstić information content (AvgIpc) is 2.92. The highest BCUT2D eigenvalue weighted by molar-refractivity contribution is 5.58. The molecule has 0 bridgehead atoms. The molecule has 1 aliphatic carbocycles. The highest BCUT2D eigenvalue weighted by Crippen LogP contribution is 2.48. The van der Waals surface area contributed by atoms with Crippen molar-refractivity contribution in [2.24, 2.45) is 5.73 Å². The zero-order chi connectivity index (χ0) is 12.0. The smallest absolute Gasteiger partial charge is 0.231 e. The highest BCUT2D eigenvalue weighted by Gasteiger charge is 2.37. The molecule has 3 rings (SSSR count). The van der Waals surface area contributed by atoms with Crippen LogP contribution in [-0.4, -0.2) is 6.79 Å². The lowest BCUT2D eigenvalue weighted by Gasteiger charge is -2.26. The Kier molecular flexibility index (Phi) is 2.33. The highest BCUT2D eigenvalue weighted by atomic mass is 16.7. The largest absolute Gasteiger partial charge is 0.453 e. The summed E-state index contributed by atoms with van der Waals surface area (Å²) in [7, 11) is 0. The summed E-state index contributed by atoms with van der Waals surface area (Å²) in [6, 6.07) is 2.19. The minimum absolute atomic E-state index is 0.212. The summed E-state index contributed by atoms with van der Waals surface area (Å²) >= 11 is 0. The van der Waals surface area contributed by atoms with Gasteiger partial charge in [0, 0.05) is 11.1 Å². The first-order valence-electron chi connectivity index (χ1n) is 6.31. The van der Waals surface area contributed by atoms with Crippen molar-refractivity contribution in [2.75, 3.05) is 6.79 Å². The zero-order valence-corrected chi connectivity index (χ0v) is 10.5. The fourth-order valence-electron chi connectivity index (χ4n) is 2.97. The molecule has 2 N–H and O–H groups in total. The molecule has 0 saturated heterocycles. The van der Waals surface area contributed by atoms with Crippen LogP contribution in [0.1, 0.15) is 42.4 Å². The predicted octanol–water partition coefficient (Wildman–Crippen LogP) is 2.76. The number of aryl methyl sites for hydroxylation is 1. The van der Waals surface area contributed by atoms with E-state index in [-0.39, 0.29) is 5.54 Å². The van der Waals surface area contributed by atoms with Crippen molar-refractivity contribution < 1.29 is 9.47 Å². The summed E-state index contributed by atoms with van der Waals surface area (Å²) in [6.07, 6.45) is 4.51. The van der Waals surface area contributed by atoms with Crippen LogP contribution in [0.5, 0.6) is 11.5 Å². The van der Waals surface area contributed by atoms with Crippen molar-refractivity contribution in [3.8, 4) is 11.5 Å². The molecular formula is C14H19NO2. The molecule has 0 aromatic heterocycles. The molecule has 0 unspecified atom stereocenters. The molecular weight excluding hydrogens is 214 g/mol. The number of hydrogen-bond donors (Lipinski definition) is 1. The molecule has 92 valence electrons. The molecule has 0 amide bonds. The molecule has 3 heteroatoms. The normalized spacial score (nSPS) is 20.9. The van der Waals surface area contributed by atoms with Gasteiger partial charge in [0.25, 0.3) is 0 Å². The van der Waals surface area contributed by atoms with E-state index in [1.807, 2.05) is 0 Å². The van der Waals surface area contributed by atoms with E-state index in [1.165, 1.54) is 24.0 Å². The Hall–Kier alpha value is -1.22. The monoisotopic (exact) mass is 233 g/mol. The van der Waals surface area contributed by atoms with Gasteiger partial charge < -0.3 is 15.2 Å². The summed E-state index contributed by atoms with van der Waals surface area (Å²) in [5.74, 6) is 1.79. The van der Waals surface area contributed by atoms with Gasteiger partial charge in [0.15, 0.2) is 11.5 Å². The minimum Gasteiger partial charge on any atom is -0.453 e.